The molecule has 7 rings (SSSR count). The number of benzene rings is 4. The summed E-state index contributed by atoms with van der Waals surface area (Å²) in [6, 6.07) is 39.3. The van der Waals surface area contributed by atoms with Crippen molar-refractivity contribution in [2.75, 3.05) is 0 Å². The molecule has 1 fully saturated rings. The highest BCUT2D eigenvalue weighted by Gasteiger charge is 2.52. The van der Waals surface area contributed by atoms with E-state index in [4.69, 9.17) is 14.3 Å². The molecule has 62 heavy (non-hydrogen) atoms. The van der Waals surface area contributed by atoms with E-state index in [1.165, 1.54) is 161 Å². The first-order chi connectivity index (χ1) is 30.2. The molecule has 0 amide bonds. The third kappa shape index (κ3) is 10.7. The molecule has 1 aromatic heterocycles. The average Bonchev–Trinajstić information content (AvgIpc) is 3.69. The summed E-state index contributed by atoms with van der Waals surface area (Å²) < 4.78 is 12.9. The number of pyridine rings is 1. The summed E-state index contributed by atoms with van der Waals surface area (Å²) in [6.45, 7) is 13.1. The maximum atomic E-state index is 6.47. The maximum Gasteiger partial charge on any atom is 0.496 e. The first kappa shape index (κ1) is 46.0. The molecule has 0 spiro atoms. The molecule has 0 N–H and O–H groups in total. The van der Waals surface area contributed by atoms with Gasteiger partial charge in [0.25, 0.3) is 0 Å². The smallest absolute Gasteiger partial charge is 0.399 e. The van der Waals surface area contributed by atoms with E-state index in [0.29, 0.717) is 0 Å². The Kier molecular flexibility index (Phi) is 16.0. The Labute approximate surface area is 377 Å². The third-order valence-corrected chi connectivity index (χ3v) is 14.7. The molecule has 0 unspecified atom stereocenters. The predicted octanol–water partition coefficient (Wildman–Crippen LogP) is 15.8. The lowest BCUT2D eigenvalue weighted by molar-refractivity contribution is 0.00578. The Morgan fingerprint density at radius 2 is 1.06 bits per heavy atom. The number of fused-ring (bicyclic) bond motifs is 3. The Hall–Kier alpha value is -3.99. The van der Waals surface area contributed by atoms with Gasteiger partial charge >= 0.3 is 7.12 Å². The van der Waals surface area contributed by atoms with Crippen LogP contribution in [0.4, 0.5) is 0 Å². The van der Waals surface area contributed by atoms with Crippen LogP contribution in [0.3, 0.4) is 0 Å². The monoisotopic (exact) mass is 830 g/mol. The van der Waals surface area contributed by atoms with Crippen molar-refractivity contribution in [3.8, 4) is 33.5 Å². The Balaban J connectivity index is 1.27. The second-order valence-electron chi connectivity index (χ2n) is 19.7. The van der Waals surface area contributed by atoms with Gasteiger partial charge in [0.2, 0.25) is 0 Å². The summed E-state index contributed by atoms with van der Waals surface area (Å²) in [5.74, 6) is 0. The van der Waals surface area contributed by atoms with Crippen LogP contribution in [-0.4, -0.2) is 23.3 Å². The van der Waals surface area contributed by atoms with Crippen LogP contribution >= 0.6 is 0 Å². The van der Waals surface area contributed by atoms with E-state index in [2.05, 4.69) is 145 Å². The van der Waals surface area contributed by atoms with Gasteiger partial charge in [-0.15, -0.1) is 0 Å². The fraction of sp³-hybridized carbons (Fsp3) is 0.500. The lowest BCUT2D eigenvalue weighted by atomic mass is 9.68. The minimum absolute atomic E-state index is 0.0514. The molecule has 1 saturated heterocycles. The van der Waals surface area contributed by atoms with Crippen molar-refractivity contribution in [2.24, 2.45) is 0 Å². The largest absolute Gasteiger partial charge is 0.496 e. The topological polar surface area (TPSA) is 31.4 Å². The number of nitrogens with zero attached hydrogens (tertiary/aromatic N) is 1. The van der Waals surface area contributed by atoms with Gasteiger partial charge in [0.1, 0.15) is 0 Å². The van der Waals surface area contributed by atoms with Gasteiger partial charge < -0.3 is 9.31 Å². The van der Waals surface area contributed by atoms with E-state index in [-0.39, 0.29) is 5.41 Å². The molecule has 328 valence electrons. The molecule has 0 saturated carbocycles. The molecule has 4 heteroatoms. The molecule has 2 heterocycles. The van der Waals surface area contributed by atoms with Crippen molar-refractivity contribution in [3.05, 3.63) is 132 Å². The molecule has 4 aromatic carbocycles. The van der Waals surface area contributed by atoms with Gasteiger partial charge in [-0.05, 0) is 117 Å². The van der Waals surface area contributed by atoms with E-state index < -0.39 is 18.3 Å². The standard InChI is InChI=1S/C58H76BNO2/c1-7-9-11-13-17-26-41-58(42-27-18-14-12-10-8-2)52-36-25-24-35-49(52)50-38-39-51(53-40-37-48(44-60-53)59-61-56(3,4)57(5,6)62-59)54(55(50)58)47-34-28-33-46(43-47)32-21-16-15-20-29-45-30-22-19-23-31-45/h19,22-25,28,30-31,33-40,43-44H,7-18,20-21,26-27,29,32,41-42H2,1-6H3. The molecule has 5 aromatic rings. The van der Waals surface area contributed by atoms with Crippen LogP contribution < -0.4 is 5.46 Å². The van der Waals surface area contributed by atoms with Gasteiger partial charge in [-0.25, -0.2) is 0 Å². The first-order valence-electron chi connectivity index (χ1n) is 24.9. The van der Waals surface area contributed by atoms with Crippen molar-refractivity contribution in [1.82, 2.24) is 4.98 Å². The van der Waals surface area contributed by atoms with E-state index in [9.17, 15) is 0 Å². The van der Waals surface area contributed by atoms with Gasteiger partial charge in [0, 0.05) is 22.6 Å². The molecule has 3 nitrogen and oxygen atoms in total. The van der Waals surface area contributed by atoms with Gasteiger partial charge in [-0.3, -0.25) is 4.98 Å². The number of hydrogen-bond acceptors (Lipinski definition) is 3. The second kappa shape index (κ2) is 21.6. The number of unbranched alkanes of at least 4 members (excludes halogenated alkanes) is 13. The predicted molar refractivity (Wildman–Crippen MR) is 265 cm³/mol. The molecule has 1 aliphatic carbocycles. The summed E-state index contributed by atoms with van der Waals surface area (Å²) >= 11 is 0. The fourth-order valence-electron chi connectivity index (χ4n) is 10.4. The van der Waals surface area contributed by atoms with E-state index in [0.717, 1.165) is 17.6 Å². The number of aryl methyl sites for hydroxylation is 2. The molecule has 1 aliphatic heterocycles. The number of hydrogen-bond donors (Lipinski definition) is 0. The van der Waals surface area contributed by atoms with Crippen LogP contribution in [0.25, 0.3) is 33.5 Å². The minimum Gasteiger partial charge on any atom is -0.399 e. The van der Waals surface area contributed by atoms with Crippen LogP contribution in [0.5, 0.6) is 0 Å². The summed E-state index contributed by atoms with van der Waals surface area (Å²) in [5, 5.41) is 0. The zero-order valence-electron chi connectivity index (χ0n) is 39.4. The van der Waals surface area contributed by atoms with E-state index in [1.54, 1.807) is 11.1 Å². The maximum absolute atomic E-state index is 6.47. The summed E-state index contributed by atoms with van der Waals surface area (Å²) in [5.41, 5.74) is 13.9. The van der Waals surface area contributed by atoms with Crippen LogP contribution in [-0.2, 0) is 27.6 Å². The Bertz CT molecular complexity index is 2120. The minimum atomic E-state index is -0.437. The zero-order chi connectivity index (χ0) is 43.4. The van der Waals surface area contributed by atoms with E-state index in [1.807, 2.05) is 6.20 Å². The highest BCUT2D eigenvalue weighted by molar-refractivity contribution is 6.62. The summed E-state index contributed by atoms with van der Waals surface area (Å²) in [4.78, 5) is 5.27. The highest BCUT2D eigenvalue weighted by Crippen LogP contribution is 2.58. The van der Waals surface area contributed by atoms with Gasteiger partial charge in [0.05, 0.1) is 16.9 Å². The van der Waals surface area contributed by atoms with Gasteiger partial charge in [0.15, 0.2) is 0 Å². The van der Waals surface area contributed by atoms with Crippen LogP contribution in [0, 0.1) is 0 Å². The molecule has 0 radical (unpaired) electrons. The lowest BCUT2D eigenvalue weighted by Gasteiger charge is -2.35. The Morgan fingerprint density at radius 3 is 1.71 bits per heavy atom. The molecular weight excluding hydrogens is 753 g/mol. The number of rotatable bonds is 24. The van der Waals surface area contributed by atoms with Crippen molar-refractivity contribution >= 4 is 12.6 Å². The normalized spacial score (nSPS) is 15.8. The summed E-state index contributed by atoms with van der Waals surface area (Å²) in [7, 11) is -0.437. The van der Waals surface area contributed by atoms with E-state index >= 15 is 0 Å². The van der Waals surface area contributed by atoms with Crippen molar-refractivity contribution in [1.29, 1.82) is 0 Å². The van der Waals surface area contributed by atoms with Gasteiger partial charge in [-0.2, -0.15) is 0 Å². The SMILES string of the molecule is CCCCCCCCC1(CCCCCCCC)c2ccccc2-c2ccc(-c3ccc(B4OC(C)(C)C(C)(C)O4)cn3)c(-c3cccc(CCCCCCc4ccccc4)c3)c21. The summed E-state index contributed by atoms with van der Waals surface area (Å²) in [6.07, 6.45) is 27.3. The highest BCUT2D eigenvalue weighted by atomic mass is 16.7. The van der Waals surface area contributed by atoms with Crippen molar-refractivity contribution in [3.63, 3.8) is 0 Å². The van der Waals surface area contributed by atoms with Crippen molar-refractivity contribution in [2.45, 2.75) is 187 Å². The number of aromatic nitrogens is 1. The fourth-order valence-corrected chi connectivity index (χ4v) is 10.4. The second-order valence-corrected chi connectivity index (χ2v) is 19.7. The van der Waals surface area contributed by atoms with Crippen molar-refractivity contribution < 1.29 is 9.31 Å². The third-order valence-electron chi connectivity index (χ3n) is 14.7. The molecule has 2 aliphatic rings. The van der Waals surface area contributed by atoms with Gasteiger partial charge in [-0.1, -0.05) is 201 Å². The quantitative estimate of drug-likeness (QED) is 0.0459. The molecule has 0 atom stereocenters. The Morgan fingerprint density at radius 1 is 0.500 bits per heavy atom. The van der Waals surface area contributed by atoms with Crippen LogP contribution in [0.15, 0.2) is 109 Å². The van der Waals surface area contributed by atoms with Crippen LogP contribution in [0.2, 0.25) is 0 Å². The lowest BCUT2D eigenvalue weighted by Crippen LogP contribution is -2.41. The molecular formula is C58H76BNO2. The first-order valence-corrected chi connectivity index (χ1v) is 24.9. The average molecular weight is 830 g/mol. The zero-order valence-corrected chi connectivity index (χ0v) is 39.4. The molecule has 0 bridgehead atoms. The van der Waals surface area contributed by atoms with Crippen LogP contribution in [0.1, 0.15) is 179 Å².